The number of rotatable bonds is 2. The van der Waals surface area contributed by atoms with E-state index in [0.717, 1.165) is 31.1 Å². The molecule has 1 heterocycles. The summed E-state index contributed by atoms with van der Waals surface area (Å²) < 4.78 is 5.33. The van der Waals surface area contributed by atoms with Crippen LogP contribution < -0.4 is 10.5 Å². The SMILES string of the molecule is CCN1Cc2ccc(N)c(OC)c2C1. The maximum atomic E-state index is 5.85. The van der Waals surface area contributed by atoms with Crippen LogP contribution in [0.25, 0.3) is 0 Å². The molecule has 0 saturated carbocycles. The molecule has 0 saturated heterocycles. The van der Waals surface area contributed by atoms with Gasteiger partial charge in [-0.2, -0.15) is 0 Å². The van der Waals surface area contributed by atoms with Crippen molar-refractivity contribution in [3.8, 4) is 5.75 Å². The lowest BCUT2D eigenvalue weighted by atomic mass is 10.1. The molecule has 3 nitrogen and oxygen atoms in total. The van der Waals surface area contributed by atoms with Gasteiger partial charge < -0.3 is 10.5 Å². The van der Waals surface area contributed by atoms with Gasteiger partial charge in [-0.05, 0) is 18.2 Å². The third-order valence-corrected chi connectivity index (χ3v) is 2.81. The summed E-state index contributed by atoms with van der Waals surface area (Å²) in [5.74, 6) is 0.860. The number of benzene rings is 1. The zero-order chi connectivity index (χ0) is 10.1. The van der Waals surface area contributed by atoms with Crippen molar-refractivity contribution in [2.45, 2.75) is 20.0 Å². The van der Waals surface area contributed by atoms with Crippen LogP contribution >= 0.6 is 0 Å². The summed E-state index contributed by atoms with van der Waals surface area (Å²) in [4.78, 5) is 2.37. The van der Waals surface area contributed by atoms with Crippen molar-refractivity contribution in [2.24, 2.45) is 0 Å². The van der Waals surface area contributed by atoms with Gasteiger partial charge in [0.05, 0.1) is 12.8 Å². The van der Waals surface area contributed by atoms with Crippen LogP contribution in [-0.2, 0) is 13.1 Å². The number of nitrogens with two attached hydrogens (primary N) is 1. The van der Waals surface area contributed by atoms with Gasteiger partial charge in [-0.15, -0.1) is 0 Å². The van der Waals surface area contributed by atoms with Gasteiger partial charge in [0.2, 0.25) is 0 Å². The number of fused-ring (bicyclic) bond motifs is 1. The molecular weight excluding hydrogens is 176 g/mol. The summed E-state index contributed by atoms with van der Waals surface area (Å²) in [5.41, 5.74) is 9.19. The third kappa shape index (κ3) is 1.34. The molecule has 0 atom stereocenters. The molecule has 1 aromatic carbocycles. The molecule has 0 fully saturated rings. The molecule has 0 amide bonds. The second kappa shape index (κ2) is 3.50. The minimum absolute atomic E-state index is 0.740. The molecule has 14 heavy (non-hydrogen) atoms. The average molecular weight is 192 g/mol. The monoisotopic (exact) mass is 192 g/mol. The van der Waals surface area contributed by atoms with Crippen LogP contribution in [0.1, 0.15) is 18.1 Å². The van der Waals surface area contributed by atoms with Gasteiger partial charge in [-0.25, -0.2) is 0 Å². The van der Waals surface area contributed by atoms with E-state index in [1.54, 1.807) is 7.11 Å². The summed E-state index contributed by atoms with van der Waals surface area (Å²) in [6.07, 6.45) is 0. The number of nitrogens with zero attached hydrogens (tertiary/aromatic N) is 1. The molecule has 2 rings (SSSR count). The molecule has 0 aliphatic carbocycles. The maximum Gasteiger partial charge on any atom is 0.146 e. The highest BCUT2D eigenvalue weighted by molar-refractivity contribution is 5.60. The van der Waals surface area contributed by atoms with Crippen molar-refractivity contribution in [1.29, 1.82) is 0 Å². The molecule has 0 spiro atoms. The predicted octanol–water partition coefficient (Wildman–Crippen LogP) is 1.61. The van der Waals surface area contributed by atoms with Crippen molar-refractivity contribution in [3.05, 3.63) is 23.3 Å². The van der Waals surface area contributed by atoms with E-state index in [2.05, 4.69) is 17.9 Å². The Hall–Kier alpha value is -1.22. The van der Waals surface area contributed by atoms with Gasteiger partial charge in [-0.3, -0.25) is 4.90 Å². The molecule has 0 aromatic heterocycles. The van der Waals surface area contributed by atoms with Gasteiger partial charge >= 0.3 is 0 Å². The Morgan fingerprint density at radius 2 is 2.21 bits per heavy atom. The minimum atomic E-state index is 0.740. The third-order valence-electron chi connectivity index (χ3n) is 2.81. The Kier molecular flexibility index (Phi) is 2.33. The van der Waals surface area contributed by atoms with Crippen LogP contribution in [0.2, 0.25) is 0 Å². The summed E-state index contributed by atoms with van der Waals surface area (Å²) >= 11 is 0. The normalized spacial score (nSPS) is 15.6. The Morgan fingerprint density at radius 3 is 2.86 bits per heavy atom. The molecule has 0 unspecified atom stereocenters. The number of hydrogen-bond donors (Lipinski definition) is 1. The summed E-state index contributed by atoms with van der Waals surface area (Å²) in [5, 5.41) is 0. The van der Waals surface area contributed by atoms with Crippen LogP contribution in [0.15, 0.2) is 12.1 Å². The topological polar surface area (TPSA) is 38.5 Å². The first kappa shape index (κ1) is 9.34. The highest BCUT2D eigenvalue weighted by Gasteiger charge is 2.22. The Morgan fingerprint density at radius 1 is 1.43 bits per heavy atom. The van der Waals surface area contributed by atoms with Gasteiger partial charge in [0.15, 0.2) is 0 Å². The quantitative estimate of drug-likeness (QED) is 0.723. The first-order valence-electron chi connectivity index (χ1n) is 4.92. The van der Waals surface area contributed by atoms with E-state index in [9.17, 15) is 0 Å². The number of anilines is 1. The molecule has 1 aliphatic rings. The van der Waals surface area contributed by atoms with E-state index < -0.39 is 0 Å². The van der Waals surface area contributed by atoms with Gasteiger partial charge in [0.1, 0.15) is 5.75 Å². The molecule has 2 N–H and O–H groups in total. The number of ether oxygens (including phenoxy) is 1. The fourth-order valence-corrected chi connectivity index (χ4v) is 1.99. The highest BCUT2D eigenvalue weighted by Crippen LogP contribution is 2.34. The Balaban J connectivity index is 2.41. The second-order valence-corrected chi connectivity index (χ2v) is 3.63. The van der Waals surface area contributed by atoms with Crippen LogP contribution in [0.5, 0.6) is 5.75 Å². The van der Waals surface area contributed by atoms with E-state index in [-0.39, 0.29) is 0 Å². The van der Waals surface area contributed by atoms with E-state index in [1.807, 2.05) is 6.07 Å². The standard InChI is InChI=1S/C11H16N2O/c1-3-13-6-8-4-5-10(12)11(14-2)9(8)7-13/h4-5H,3,6-7,12H2,1-2H3. The smallest absolute Gasteiger partial charge is 0.146 e. The highest BCUT2D eigenvalue weighted by atomic mass is 16.5. The van der Waals surface area contributed by atoms with E-state index >= 15 is 0 Å². The minimum Gasteiger partial charge on any atom is -0.494 e. The molecule has 1 aromatic rings. The number of nitrogen functional groups attached to an aromatic ring is 1. The lowest BCUT2D eigenvalue weighted by Gasteiger charge is -2.11. The zero-order valence-electron chi connectivity index (χ0n) is 8.71. The van der Waals surface area contributed by atoms with Gasteiger partial charge in [-0.1, -0.05) is 13.0 Å². The lowest BCUT2D eigenvalue weighted by molar-refractivity contribution is 0.297. The van der Waals surface area contributed by atoms with Gasteiger partial charge in [0.25, 0.3) is 0 Å². The largest absolute Gasteiger partial charge is 0.494 e. The van der Waals surface area contributed by atoms with Crippen molar-refractivity contribution in [2.75, 3.05) is 19.4 Å². The van der Waals surface area contributed by atoms with E-state index in [4.69, 9.17) is 10.5 Å². The lowest BCUT2D eigenvalue weighted by Crippen LogP contribution is -2.14. The van der Waals surface area contributed by atoms with Crippen LogP contribution in [0.4, 0.5) is 5.69 Å². The van der Waals surface area contributed by atoms with Gasteiger partial charge in [0, 0.05) is 18.7 Å². The average Bonchev–Trinajstić information content (AvgIpc) is 2.60. The number of methoxy groups -OCH3 is 1. The zero-order valence-corrected chi connectivity index (χ0v) is 8.71. The molecule has 0 bridgehead atoms. The predicted molar refractivity (Wildman–Crippen MR) is 57.2 cm³/mol. The second-order valence-electron chi connectivity index (χ2n) is 3.63. The molecular formula is C11H16N2O. The number of hydrogen-bond acceptors (Lipinski definition) is 3. The Bertz CT molecular complexity index is 349. The first-order valence-corrected chi connectivity index (χ1v) is 4.92. The maximum absolute atomic E-state index is 5.85. The van der Waals surface area contributed by atoms with Crippen LogP contribution in [0.3, 0.4) is 0 Å². The van der Waals surface area contributed by atoms with Crippen molar-refractivity contribution in [1.82, 2.24) is 4.90 Å². The van der Waals surface area contributed by atoms with Crippen molar-refractivity contribution < 1.29 is 4.74 Å². The Labute approximate surface area is 84.5 Å². The fourth-order valence-electron chi connectivity index (χ4n) is 1.99. The molecule has 3 heteroatoms. The van der Waals surface area contributed by atoms with E-state index in [1.165, 1.54) is 11.1 Å². The summed E-state index contributed by atoms with van der Waals surface area (Å²) in [6.45, 7) is 5.21. The van der Waals surface area contributed by atoms with Crippen LogP contribution in [-0.4, -0.2) is 18.6 Å². The fraction of sp³-hybridized carbons (Fsp3) is 0.455. The van der Waals surface area contributed by atoms with Crippen molar-refractivity contribution in [3.63, 3.8) is 0 Å². The van der Waals surface area contributed by atoms with E-state index in [0.29, 0.717) is 0 Å². The molecule has 1 aliphatic heterocycles. The summed E-state index contributed by atoms with van der Waals surface area (Å²) in [7, 11) is 1.68. The van der Waals surface area contributed by atoms with Crippen molar-refractivity contribution >= 4 is 5.69 Å². The van der Waals surface area contributed by atoms with Crippen LogP contribution in [0, 0.1) is 0 Å². The summed E-state index contributed by atoms with van der Waals surface area (Å²) in [6, 6.07) is 4.03. The molecule has 0 radical (unpaired) electrons. The first-order chi connectivity index (χ1) is 6.76. The molecule has 76 valence electrons.